The molecule has 0 aliphatic carbocycles. The van der Waals surface area contributed by atoms with E-state index in [2.05, 4.69) is 0 Å². The predicted octanol–water partition coefficient (Wildman–Crippen LogP) is 2.87. The van der Waals surface area contributed by atoms with Crippen LogP contribution in [0.2, 0.25) is 0 Å². The molecule has 0 fully saturated rings. The summed E-state index contributed by atoms with van der Waals surface area (Å²) in [6.07, 6.45) is 0.886. The summed E-state index contributed by atoms with van der Waals surface area (Å²) in [4.78, 5) is 26.5. The molecular formula is C15H16N2O3S. The van der Waals surface area contributed by atoms with Gasteiger partial charge in [-0.15, -0.1) is 11.3 Å². The molecule has 2 rings (SSSR count). The van der Waals surface area contributed by atoms with Crippen LogP contribution >= 0.6 is 11.3 Å². The Morgan fingerprint density at radius 1 is 1.29 bits per heavy atom. The van der Waals surface area contributed by atoms with Crippen LogP contribution in [-0.4, -0.2) is 24.0 Å². The number of nitrogens with zero attached hydrogens (tertiary/aromatic N) is 1. The van der Waals surface area contributed by atoms with Crippen LogP contribution in [0.25, 0.3) is 0 Å². The molecule has 21 heavy (non-hydrogen) atoms. The second kappa shape index (κ2) is 5.97. The van der Waals surface area contributed by atoms with Gasteiger partial charge >= 0.3 is 5.97 Å². The molecule has 1 aromatic carbocycles. The number of hydrogen-bond donors (Lipinski definition) is 2. The van der Waals surface area contributed by atoms with Crippen molar-refractivity contribution in [2.24, 2.45) is 0 Å². The maximum Gasteiger partial charge on any atom is 0.335 e. The fourth-order valence-corrected chi connectivity index (χ4v) is 2.87. The molecule has 5 nitrogen and oxygen atoms in total. The quantitative estimate of drug-likeness (QED) is 0.851. The van der Waals surface area contributed by atoms with Gasteiger partial charge in [0.1, 0.15) is 0 Å². The van der Waals surface area contributed by atoms with Crippen LogP contribution in [0.3, 0.4) is 0 Å². The standard InChI is InChI=1S/C15H16N2O3S/c1-3-10-5-7-13(21-10)14(18)17(2)12-6-4-9(15(19)20)8-11(12)16/h4-8H,3,16H2,1-2H3,(H,19,20). The van der Waals surface area contributed by atoms with Crippen molar-refractivity contribution < 1.29 is 14.7 Å². The Labute approximate surface area is 126 Å². The lowest BCUT2D eigenvalue weighted by molar-refractivity contribution is 0.0697. The summed E-state index contributed by atoms with van der Waals surface area (Å²) in [6, 6.07) is 8.06. The number of nitrogen functional groups attached to an aromatic ring is 1. The Kier molecular flexibility index (Phi) is 4.28. The molecule has 0 saturated heterocycles. The number of carbonyl (C=O) groups excluding carboxylic acids is 1. The predicted molar refractivity (Wildman–Crippen MR) is 84.2 cm³/mol. The third kappa shape index (κ3) is 3.05. The molecule has 1 aromatic heterocycles. The Morgan fingerprint density at radius 3 is 2.52 bits per heavy atom. The van der Waals surface area contributed by atoms with E-state index in [1.165, 1.54) is 28.4 Å². The Hall–Kier alpha value is -2.34. The van der Waals surface area contributed by atoms with Crippen molar-refractivity contribution in [1.29, 1.82) is 0 Å². The highest BCUT2D eigenvalue weighted by atomic mass is 32.1. The van der Waals surface area contributed by atoms with Crippen LogP contribution in [-0.2, 0) is 6.42 Å². The number of hydrogen-bond acceptors (Lipinski definition) is 4. The lowest BCUT2D eigenvalue weighted by atomic mass is 10.1. The van der Waals surface area contributed by atoms with Gasteiger partial charge in [0.25, 0.3) is 5.91 Å². The van der Waals surface area contributed by atoms with Gasteiger partial charge in [-0.05, 0) is 36.8 Å². The second-order valence-corrected chi connectivity index (χ2v) is 5.73. The number of thiophene rings is 1. The first-order valence-corrected chi connectivity index (χ1v) is 7.25. The summed E-state index contributed by atoms with van der Waals surface area (Å²) in [7, 11) is 1.62. The normalized spacial score (nSPS) is 10.4. The first-order chi connectivity index (χ1) is 9.93. The van der Waals surface area contributed by atoms with E-state index >= 15 is 0 Å². The van der Waals surface area contributed by atoms with Crippen molar-refractivity contribution in [2.45, 2.75) is 13.3 Å². The van der Waals surface area contributed by atoms with Gasteiger partial charge in [0.2, 0.25) is 0 Å². The SMILES string of the molecule is CCc1ccc(C(=O)N(C)c2ccc(C(=O)O)cc2N)s1. The van der Waals surface area contributed by atoms with E-state index in [0.29, 0.717) is 10.6 Å². The molecule has 0 bridgehead atoms. The van der Waals surface area contributed by atoms with E-state index in [0.717, 1.165) is 11.3 Å². The zero-order chi connectivity index (χ0) is 15.6. The fraction of sp³-hybridized carbons (Fsp3) is 0.200. The lowest BCUT2D eigenvalue weighted by Gasteiger charge is -2.18. The topological polar surface area (TPSA) is 83.6 Å². The zero-order valence-corrected chi connectivity index (χ0v) is 12.6. The number of carbonyl (C=O) groups is 2. The summed E-state index contributed by atoms with van der Waals surface area (Å²) in [5, 5.41) is 8.92. The van der Waals surface area contributed by atoms with Gasteiger partial charge in [0, 0.05) is 11.9 Å². The number of anilines is 2. The fourth-order valence-electron chi connectivity index (χ4n) is 1.95. The van der Waals surface area contributed by atoms with Crippen molar-refractivity contribution in [3.8, 4) is 0 Å². The van der Waals surface area contributed by atoms with E-state index in [4.69, 9.17) is 10.8 Å². The van der Waals surface area contributed by atoms with Crippen LogP contribution in [0, 0.1) is 0 Å². The van der Waals surface area contributed by atoms with Crippen molar-refractivity contribution in [3.63, 3.8) is 0 Å². The molecule has 1 amide bonds. The number of benzene rings is 1. The maximum atomic E-state index is 12.4. The number of carboxylic acids is 1. The van der Waals surface area contributed by atoms with Crippen molar-refractivity contribution >= 4 is 34.6 Å². The molecule has 6 heteroatoms. The number of amides is 1. The number of carboxylic acid groups (broad SMARTS) is 1. The van der Waals surface area contributed by atoms with E-state index in [9.17, 15) is 9.59 Å². The molecule has 110 valence electrons. The molecule has 3 N–H and O–H groups in total. The van der Waals surface area contributed by atoms with E-state index < -0.39 is 5.97 Å². The molecule has 0 spiro atoms. The van der Waals surface area contributed by atoms with Gasteiger partial charge in [-0.3, -0.25) is 4.79 Å². The van der Waals surface area contributed by atoms with Gasteiger partial charge in [-0.2, -0.15) is 0 Å². The van der Waals surface area contributed by atoms with Gasteiger partial charge in [-0.25, -0.2) is 4.79 Å². The summed E-state index contributed by atoms with van der Waals surface area (Å²) in [6.45, 7) is 2.03. The molecule has 1 heterocycles. The van der Waals surface area contributed by atoms with E-state index in [-0.39, 0.29) is 17.2 Å². The zero-order valence-electron chi connectivity index (χ0n) is 11.8. The molecule has 0 aliphatic rings. The van der Waals surface area contributed by atoms with Crippen molar-refractivity contribution in [1.82, 2.24) is 0 Å². The Balaban J connectivity index is 2.28. The van der Waals surface area contributed by atoms with Gasteiger partial charge in [0.15, 0.2) is 0 Å². The van der Waals surface area contributed by atoms with Gasteiger partial charge in [0.05, 0.1) is 21.8 Å². The Morgan fingerprint density at radius 2 is 2.00 bits per heavy atom. The third-order valence-corrected chi connectivity index (χ3v) is 4.38. The summed E-state index contributed by atoms with van der Waals surface area (Å²) >= 11 is 1.45. The molecule has 2 aromatic rings. The largest absolute Gasteiger partial charge is 0.478 e. The minimum atomic E-state index is -1.05. The average molecular weight is 304 g/mol. The second-order valence-electron chi connectivity index (χ2n) is 4.56. The first-order valence-electron chi connectivity index (χ1n) is 6.43. The molecule has 0 unspecified atom stereocenters. The monoisotopic (exact) mass is 304 g/mol. The molecular weight excluding hydrogens is 288 g/mol. The molecule has 0 atom stereocenters. The van der Waals surface area contributed by atoms with E-state index in [1.807, 2.05) is 13.0 Å². The number of rotatable bonds is 4. The van der Waals surface area contributed by atoms with Crippen molar-refractivity contribution in [2.75, 3.05) is 17.7 Å². The van der Waals surface area contributed by atoms with Crippen LogP contribution in [0.15, 0.2) is 30.3 Å². The highest BCUT2D eigenvalue weighted by molar-refractivity contribution is 7.14. The number of nitrogens with two attached hydrogens (primary N) is 1. The Bertz CT molecular complexity index is 694. The van der Waals surface area contributed by atoms with Gasteiger partial charge in [-0.1, -0.05) is 6.92 Å². The van der Waals surface area contributed by atoms with Crippen LogP contribution in [0.5, 0.6) is 0 Å². The molecule has 0 radical (unpaired) electrons. The van der Waals surface area contributed by atoms with Gasteiger partial charge < -0.3 is 15.7 Å². The van der Waals surface area contributed by atoms with Crippen LogP contribution < -0.4 is 10.6 Å². The summed E-state index contributed by atoms with van der Waals surface area (Å²) in [5.74, 6) is -1.21. The first kappa shape index (κ1) is 15.1. The number of aromatic carboxylic acids is 1. The van der Waals surface area contributed by atoms with Crippen molar-refractivity contribution in [3.05, 3.63) is 45.6 Å². The van der Waals surface area contributed by atoms with Crippen LogP contribution in [0.4, 0.5) is 11.4 Å². The summed E-state index contributed by atoms with van der Waals surface area (Å²) in [5.41, 5.74) is 6.71. The molecule has 0 saturated carbocycles. The minimum Gasteiger partial charge on any atom is -0.478 e. The smallest absolute Gasteiger partial charge is 0.335 e. The highest BCUT2D eigenvalue weighted by Gasteiger charge is 2.18. The third-order valence-electron chi connectivity index (χ3n) is 3.16. The summed E-state index contributed by atoms with van der Waals surface area (Å²) < 4.78 is 0. The average Bonchev–Trinajstić information content (AvgIpc) is 2.94. The lowest BCUT2D eigenvalue weighted by Crippen LogP contribution is -2.26. The molecule has 0 aliphatic heterocycles. The maximum absolute atomic E-state index is 12.4. The minimum absolute atomic E-state index is 0.0986. The van der Waals surface area contributed by atoms with Crippen LogP contribution in [0.1, 0.15) is 31.8 Å². The van der Waals surface area contributed by atoms with E-state index in [1.54, 1.807) is 19.2 Å². The number of aryl methyl sites for hydroxylation is 1. The highest BCUT2D eigenvalue weighted by Crippen LogP contribution is 2.26.